The molecule has 0 saturated carbocycles. The lowest BCUT2D eigenvalue weighted by Gasteiger charge is -2.07. The Labute approximate surface area is 151 Å². The number of nitriles is 1. The first-order valence-electron chi connectivity index (χ1n) is 8.21. The van der Waals surface area contributed by atoms with Crippen LogP contribution in [-0.4, -0.2) is 15.4 Å². The number of aromatic nitrogens is 1. The van der Waals surface area contributed by atoms with Gasteiger partial charge in [0, 0.05) is 35.8 Å². The predicted octanol–water partition coefficient (Wildman–Crippen LogP) is 3.97. The third-order valence-electron chi connectivity index (χ3n) is 4.04. The molecule has 0 unspecified atom stereocenters. The number of non-ortho nitro benzene ring substituents is 1. The number of nitro benzene ring substituents is 1. The van der Waals surface area contributed by atoms with Crippen LogP contribution in [0, 0.1) is 35.3 Å². The Morgan fingerprint density at radius 3 is 2.73 bits per heavy atom. The molecule has 0 saturated heterocycles. The summed E-state index contributed by atoms with van der Waals surface area (Å²) in [5.74, 6) is -0.603. The highest BCUT2D eigenvalue weighted by atomic mass is 16.6. The summed E-state index contributed by atoms with van der Waals surface area (Å²) in [4.78, 5) is 22.7. The third-order valence-corrected chi connectivity index (χ3v) is 4.04. The normalized spacial score (nSPS) is 11.1. The van der Waals surface area contributed by atoms with Crippen LogP contribution in [0.3, 0.4) is 0 Å². The molecule has 7 nitrogen and oxygen atoms in total. The van der Waals surface area contributed by atoms with E-state index in [-0.39, 0.29) is 16.9 Å². The fourth-order valence-corrected chi connectivity index (χ4v) is 2.74. The Bertz CT molecular complexity index is 919. The van der Waals surface area contributed by atoms with Gasteiger partial charge in [-0.05, 0) is 44.0 Å². The van der Waals surface area contributed by atoms with Gasteiger partial charge in [-0.2, -0.15) is 5.26 Å². The molecule has 1 aromatic carbocycles. The van der Waals surface area contributed by atoms with Crippen molar-refractivity contribution in [1.29, 1.82) is 5.26 Å². The molecular weight excluding hydrogens is 332 g/mol. The fourth-order valence-electron chi connectivity index (χ4n) is 2.74. The molecule has 1 N–H and O–H groups in total. The predicted molar refractivity (Wildman–Crippen MR) is 99.5 cm³/mol. The topological polar surface area (TPSA) is 101 Å². The van der Waals surface area contributed by atoms with Crippen molar-refractivity contribution in [3.05, 3.63) is 63.0 Å². The van der Waals surface area contributed by atoms with E-state index in [9.17, 15) is 20.2 Å². The van der Waals surface area contributed by atoms with Gasteiger partial charge in [-0.3, -0.25) is 14.9 Å². The smallest absolute Gasteiger partial charge is 0.271 e. The minimum Gasteiger partial charge on any atom is -0.349 e. The van der Waals surface area contributed by atoms with Gasteiger partial charge in [0.15, 0.2) is 0 Å². The minimum atomic E-state index is -0.603. The van der Waals surface area contributed by atoms with Crippen LogP contribution in [0.15, 0.2) is 35.9 Å². The van der Waals surface area contributed by atoms with Crippen LogP contribution < -0.4 is 5.32 Å². The molecule has 2 aromatic rings. The number of aryl methyl sites for hydroxylation is 1. The Morgan fingerprint density at radius 1 is 1.38 bits per heavy atom. The van der Waals surface area contributed by atoms with Gasteiger partial charge >= 0.3 is 0 Å². The van der Waals surface area contributed by atoms with Crippen LogP contribution in [0.1, 0.15) is 30.3 Å². The fraction of sp³-hybridized carbons (Fsp3) is 0.263. The van der Waals surface area contributed by atoms with Gasteiger partial charge < -0.3 is 9.88 Å². The number of benzene rings is 1. The molecule has 0 bridgehead atoms. The second-order valence-electron chi connectivity index (χ2n) is 5.91. The molecule has 0 atom stereocenters. The number of carbonyl (C=O) groups is 1. The van der Waals surface area contributed by atoms with Gasteiger partial charge in [-0.25, -0.2) is 0 Å². The van der Waals surface area contributed by atoms with E-state index in [1.807, 2.05) is 26.0 Å². The SMILES string of the molecule is CCCn1c(C)cc(/C=C(\C#N)C(=O)Nc2cccc([N+](=O)[O-])c2)c1C. The quantitative estimate of drug-likeness (QED) is 0.368. The number of rotatable bonds is 6. The average Bonchev–Trinajstić information content (AvgIpc) is 2.87. The summed E-state index contributed by atoms with van der Waals surface area (Å²) < 4.78 is 2.14. The maximum absolute atomic E-state index is 12.4. The lowest BCUT2D eigenvalue weighted by atomic mass is 10.1. The molecule has 0 aliphatic rings. The minimum absolute atomic E-state index is 0.0618. The molecule has 0 aliphatic carbocycles. The van der Waals surface area contributed by atoms with Gasteiger partial charge in [0.2, 0.25) is 0 Å². The number of hydrogen-bond acceptors (Lipinski definition) is 4. The first-order chi connectivity index (χ1) is 12.4. The van der Waals surface area contributed by atoms with Crippen molar-refractivity contribution in [3.8, 4) is 6.07 Å². The Morgan fingerprint density at radius 2 is 2.12 bits per heavy atom. The lowest BCUT2D eigenvalue weighted by molar-refractivity contribution is -0.384. The first kappa shape index (κ1) is 18.9. The zero-order valence-corrected chi connectivity index (χ0v) is 14.9. The van der Waals surface area contributed by atoms with Crippen molar-refractivity contribution in [3.63, 3.8) is 0 Å². The lowest BCUT2D eigenvalue weighted by Crippen LogP contribution is -2.13. The van der Waals surface area contributed by atoms with E-state index in [2.05, 4.69) is 16.8 Å². The summed E-state index contributed by atoms with van der Waals surface area (Å²) in [5.41, 5.74) is 2.93. The summed E-state index contributed by atoms with van der Waals surface area (Å²) >= 11 is 0. The third kappa shape index (κ3) is 4.16. The molecular formula is C19H20N4O3. The molecule has 1 heterocycles. The number of anilines is 1. The van der Waals surface area contributed by atoms with Crippen LogP contribution in [0.2, 0.25) is 0 Å². The van der Waals surface area contributed by atoms with Crippen LogP contribution in [0.5, 0.6) is 0 Å². The molecule has 0 spiro atoms. The average molecular weight is 352 g/mol. The van der Waals surface area contributed by atoms with Crippen molar-refractivity contribution in [1.82, 2.24) is 4.57 Å². The number of nitro groups is 1. The molecule has 2 rings (SSSR count). The van der Waals surface area contributed by atoms with Gasteiger partial charge in [-0.15, -0.1) is 0 Å². The molecule has 1 aromatic heterocycles. The largest absolute Gasteiger partial charge is 0.349 e. The summed E-state index contributed by atoms with van der Waals surface area (Å²) in [7, 11) is 0. The highest BCUT2D eigenvalue weighted by molar-refractivity contribution is 6.09. The Kier molecular flexibility index (Phi) is 5.91. The van der Waals surface area contributed by atoms with Crippen LogP contribution in [0.4, 0.5) is 11.4 Å². The van der Waals surface area contributed by atoms with Crippen LogP contribution >= 0.6 is 0 Å². The molecule has 134 valence electrons. The van der Waals surface area contributed by atoms with Crippen molar-refractivity contribution in [2.24, 2.45) is 0 Å². The summed E-state index contributed by atoms with van der Waals surface area (Å²) in [6.45, 7) is 6.88. The highest BCUT2D eigenvalue weighted by Crippen LogP contribution is 2.21. The Hall–Kier alpha value is -3.40. The maximum Gasteiger partial charge on any atom is 0.271 e. The second kappa shape index (κ2) is 8.12. The van der Waals surface area contributed by atoms with E-state index < -0.39 is 10.8 Å². The standard InChI is InChI=1S/C19H20N4O3/c1-4-8-22-13(2)9-15(14(22)3)10-16(12-20)19(24)21-17-6-5-7-18(11-17)23(25)26/h5-7,9-11H,4,8H2,1-3H3,(H,21,24)/b16-10+. The number of hydrogen-bond donors (Lipinski definition) is 1. The van der Waals surface area contributed by atoms with Crippen LogP contribution in [-0.2, 0) is 11.3 Å². The van der Waals surface area contributed by atoms with E-state index in [0.29, 0.717) is 0 Å². The van der Waals surface area contributed by atoms with Gasteiger partial charge in [0.1, 0.15) is 11.6 Å². The van der Waals surface area contributed by atoms with Crippen molar-refractivity contribution in [2.75, 3.05) is 5.32 Å². The summed E-state index contributed by atoms with van der Waals surface area (Å²) in [5, 5.41) is 22.7. The van der Waals surface area contributed by atoms with Gasteiger partial charge in [0.05, 0.1) is 4.92 Å². The molecule has 7 heteroatoms. The Balaban J connectivity index is 2.28. The number of nitrogens with zero attached hydrogens (tertiary/aromatic N) is 3. The van der Waals surface area contributed by atoms with E-state index in [1.54, 1.807) is 6.08 Å². The zero-order chi connectivity index (χ0) is 19.3. The highest BCUT2D eigenvalue weighted by Gasteiger charge is 2.14. The van der Waals surface area contributed by atoms with Gasteiger partial charge in [0.25, 0.3) is 11.6 Å². The van der Waals surface area contributed by atoms with Gasteiger partial charge in [-0.1, -0.05) is 13.0 Å². The molecule has 0 fully saturated rings. The molecule has 0 aliphatic heterocycles. The van der Waals surface area contributed by atoms with Crippen molar-refractivity contribution >= 4 is 23.4 Å². The van der Waals surface area contributed by atoms with E-state index in [4.69, 9.17) is 0 Å². The summed E-state index contributed by atoms with van der Waals surface area (Å²) in [6.07, 6.45) is 2.53. The monoisotopic (exact) mass is 352 g/mol. The van der Waals surface area contributed by atoms with E-state index >= 15 is 0 Å². The van der Waals surface area contributed by atoms with E-state index in [1.165, 1.54) is 24.3 Å². The second-order valence-corrected chi connectivity index (χ2v) is 5.91. The summed E-state index contributed by atoms with van der Waals surface area (Å²) in [6, 6.07) is 9.43. The molecule has 0 radical (unpaired) electrons. The number of carbonyl (C=O) groups excluding carboxylic acids is 1. The van der Waals surface area contributed by atoms with Crippen LogP contribution in [0.25, 0.3) is 6.08 Å². The molecule has 1 amide bonds. The number of amides is 1. The zero-order valence-electron chi connectivity index (χ0n) is 14.9. The number of nitrogens with one attached hydrogen (secondary N) is 1. The van der Waals surface area contributed by atoms with Crippen molar-refractivity contribution < 1.29 is 9.72 Å². The maximum atomic E-state index is 12.4. The van der Waals surface area contributed by atoms with Crippen molar-refractivity contribution in [2.45, 2.75) is 33.7 Å². The first-order valence-corrected chi connectivity index (χ1v) is 8.21. The molecule has 26 heavy (non-hydrogen) atoms. The van der Waals surface area contributed by atoms with E-state index in [0.717, 1.165) is 29.9 Å².